The van der Waals surface area contributed by atoms with Crippen LogP contribution in [-0.2, 0) is 11.3 Å². The standard InChI is InChI=1S/C20H21GeNO3.2Br2/c1-3-7-18(8-4-1)11-12-21-23-15-13-22(14-16-24-21)17-20(25-21)19-9-5-2-6-10-19;2*1-2/h1-10,20H,13-17H2;;. The molecule has 0 N–H and O–H groups in total. The van der Waals surface area contributed by atoms with Gasteiger partial charge in [0.1, 0.15) is 0 Å². The zero-order chi connectivity index (χ0) is 21.0. The van der Waals surface area contributed by atoms with Gasteiger partial charge in [0, 0.05) is 56.5 Å². The summed E-state index contributed by atoms with van der Waals surface area (Å²) in [6.07, 6.45) is -0.0631. The molecule has 1 unspecified atom stereocenters. The van der Waals surface area contributed by atoms with Crippen molar-refractivity contribution in [2.45, 2.75) is 6.10 Å². The molecule has 5 rings (SSSR count). The van der Waals surface area contributed by atoms with Crippen LogP contribution < -0.4 is 0 Å². The second-order valence-electron chi connectivity index (χ2n) is 6.19. The van der Waals surface area contributed by atoms with E-state index in [1.807, 2.05) is 48.5 Å². The number of nitrogens with zero attached hydrogens (tertiary/aromatic N) is 1. The predicted octanol–water partition coefficient (Wildman–Crippen LogP) is 6.02. The molecular formula is C20H21Br4GeNO3. The van der Waals surface area contributed by atoms with Gasteiger partial charge in [-0.05, 0) is 0 Å². The van der Waals surface area contributed by atoms with E-state index in [2.05, 4.69) is 84.2 Å². The van der Waals surface area contributed by atoms with Gasteiger partial charge in [-0.15, -0.1) is 0 Å². The first-order valence-corrected chi connectivity index (χ1v) is 20.0. The van der Waals surface area contributed by atoms with Gasteiger partial charge in [0.2, 0.25) is 0 Å². The molecule has 0 aromatic heterocycles. The Morgan fingerprint density at radius 1 is 0.828 bits per heavy atom. The average molecular weight is 716 g/mol. The molecule has 9 heteroatoms. The summed E-state index contributed by atoms with van der Waals surface area (Å²) in [6.45, 7) is 3.89. The van der Waals surface area contributed by atoms with E-state index in [4.69, 9.17) is 11.3 Å². The van der Waals surface area contributed by atoms with E-state index in [-0.39, 0.29) is 6.10 Å². The third-order valence-electron chi connectivity index (χ3n) is 4.43. The maximum atomic E-state index is 6.49. The normalized spacial score (nSPS) is 25.4. The SMILES string of the molecule is BrBr.BrBr.C(#[C][Ge]12[O]CCN(CC[O]1)CC(c1ccccc1)[O]2)c1ccccc1. The summed E-state index contributed by atoms with van der Waals surface area (Å²) in [5.41, 5.74) is 2.11. The molecule has 3 aliphatic rings. The molecule has 3 saturated heterocycles. The molecule has 29 heavy (non-hydrogen) atoms. The molecule has 0 amide bonds. The Kier molecular flexibility index (Phi) is 12.7. The third-order valence-corrected chi connectivity index (χ3v) is 9.03. The summed E-state index contributed by atoms with van der Waals surface area (Å²) in [7, 11) is 0. The van der Waals surface area contributed by atoms with Gasteiger partial charge in [0.25, 0.3) is 0 Å². The number of rotatable bonds is 1. The van der Waals surface area contributed by atoms with Gasteiger partial charge in [-0.1, -0.05) is 0 Å². The van der Waals surface area contributed by atoms with Gasteiger partial charge >= 0.3 is 152 Å². The fraction of sp³-hybridized carbons (Fsp3) is 0.300. The fourth-order valence-corrected chi connectivity index (χ4v) is 7.34. The van der Waals surface area contributed by atoms with Gasteiger partial charge in [0.15, 0.2) is 0 Å². The summed E-state index contributed by atoms with van der Waals surface area (Å²) in [5.74, 6) is 3.22. The molecule has 2 aromatic rings. The van der Waals surface area contributed by atoms with Crippen molar-refractivity contribution in [1.29, 1.82) is 0 Å². The maximum absolute atomic E-state index is 6.49. The zero-order valence-corrected chi connectivity index (χ0v) is 24.0. The third kappa shape index (κ3) is 8.06. The molecule has 3 heterocycles. The molecule has 3 fully saturated rings. The van der Waals surface area contributed by atoms with E-state index in [0.717, 1.165) is 30.8 Å². The number of benzene rings is 2. The minimum absolute atomic E-state index is 0.0631. The molecule has 2 aromatic carbocycles. The molecule has 2 bridgehead atoms. The number of hydrogen-bond acceptors (Lipinski definition) is 4. The molecular weight excluding hydrogens is 694 g/mol. The molecule has 3 aliphatic heterocycles. The van der Waals surface area contributed by atoms with Gasteiger partial charge in [0.05, 0.1) is 0 Å². The Hall–Kier alpha value is 0.303. The van der Waals surface area contributed by atoms with Crippen molar-refractivity contribution in [2.75, 3.05) is 32.8 Å². The molecule has 0 saturated carbocycles. The predicted molar refractivity (Wildman–Crippen MR) is 133 cm³/mol. The Morgan fingerprint density at radius 3 is 1.97 bits per heavy atom. The first-order chi connectivity index (χ1) is 14.3. The van der Waals surface area contributed by atoms with Crippen LogP contribution in [0.1, 0.15) is 17.2 Å². The van der Waals surface area contributed by atoms with Crippen LogP contribution in [0.2, 0.25) is 0 Å². The van der Waals surface area contributed by atoms with Crippen LogP contribution in [0.5, 0.6) is 0 Å². The number of fused-ring (bicyclic) bond motifs is 6. The molecule has 1 atom stereocenters. The van der Waals surface area contributed by atoms with E-state index >= 15 is 0 Å². The van der Waals surface area contributed by atoms with Crippen LogP contribution in [-0.4, -0.2) is 52.0 Å². The van der Waals surface area contributed by atoms with Crippen LogP contribution in [0.25, 0.3) is 0 Å². The van der Waals surface area contributed by atoms with Crippen LogP contribution in [0.15, 0.2) is 60.7 Å². The van der Waals surface area contributed by atoms with E-state index in [0.29, 0.717) is 13.2 Å². The first-order valence-electron chi connectivity index (χ1n) is 8.93. The molecule has 0 radical (unpaired) electrons. The van der Waals surface area contributed by atoms with Crippen molar-refractivity contribution in [3.05, 3.63) is 71.8 Å². The Morgan fingerprint density at radius 2 is 1.38 bits per heavy atom. The quantitative estimate of drug-likeness (QED) is 0.267. The fourth-order valence-electron chi connectivity index (χ4n) is 3.09. The second-order valence-corrected chi connectivity index (χ2v) is 10.8. The van der Waals surface area contributed by atoms with Gasteiger partial charge < -0.3 is 0 Å². The number of hydrogen-bond donors (Lipinski definition) is 0. The van der Waals surface area contributed by atoms with Gasteiger partial charge in [-0.25, -0.2) is 0 Å². The van der Waals surface area contributed by atoms with Crippen molar-refractivity contribution in [1.82, 2.24) is 4.90 Å². The van der Waals surface area contributed by atoms with Crippen molar-refractivity contribution in [3.63, 3.8) is 0 Å². The summed E-state index contributed by atoms with van der Waals surface area (Å²) in [4.78, 5) is 2.34. The molecule has 156 valence electrons. The number of halogens is 4. The second kappa shape index (κ2) is 14.4. The zero-order valence-electron chi connectivity index (χ0n) is 15.6. The Balaban J connectivity index is 0.000000707. The van der Waals surface area contributed by atoms with E-state index in [1.165, 1.54) is 0 Å². The minimum atomic E-state index is -3.65. The van der Waals surface area contributed by atoms with Crippen LogP contribution in [0.3, 0.4) is 0 Å². The Labute approximate surface area is 206 Å². The molecule has 4 nitrogen and oxygen atoms in total. The van der Waals surface area contributed by atoms with E-state index in [9.17, 15) is 0 Å². The molecule has 0 aliphatic carbocycles. The summed E-state index contributed by atoms with van der Waals surface area (Å²) < 4.78 is 22.1. The van der Waals surface area contributed by atoms with Crippen LogP contribution >= 0.6 is 56.5 Å². The summed E-state index contributed by atoms with van der Waals surface area (Å²) in [6, 6.07) is 20.2. The van der Waals surface area contributed by atoms with Crippen molar-refractivity contribution in [3.8, 4) is 10.7 Å². The van der Waals surface area contributed by atoms with Crippen molar-refractivity contribution >= 4 is 70.8 Å². The summed E-state index contributed by atoms with van der Waals surface area (Å²) >= 11 is 7.35. The van der Waals surface area contributed by atoms with Gasteiger partial charge in [-0.2, -0.15) is 0 Å². The van der Waals surface area contributed by atoms with Crippen LogP contribution in [0.4, 0.5) is 0 Å². The summed E-state index contributed by atoms with van der Waals surface area (Å²) in [5, 5.41) is 0. The van der Waals surface area contributed by atoms with E-state index < -0.39 is 14.3 Å². The van der Waals surface area contributed by atoms with Gasteiger partial charge in [-0.3, -0.25) is 0 Å². The molecule has 0 spiro atoms. The van der Waals surface area contributed by atoms with Crippen molar-refractivity contribution < 1.29 is 11.3 Å². The topological polar surface area (TPSA) is 30.9 Å². The van der Waals surface area contributed by atoms with E-state index in [1.54, 1.807) is 0 Å². The monoisotopic (exact) mass is 713 g/mol. The first kappa shape index (κ1) is 25.6. The van der Waals surface area contributed by atoms with Crippen LogP contribution in [0, 0.1) is 10.7 Å². The Bertz CT molecular complexity index is 764. The average Bonchev–Trinajstić information content (AvgIpc) is 2.76. The van der Waals surface area contributed by atoms with Crippen molar-refractivity contribution in [2.24, 2.45) is 0 Å².